The fourth-order valence-corrected chi connectivity index (χ4v) is 20.4. The normalized spacial score (nSPS) is 31.7. The van der Waals surface area contributed by atoms with E-state index in [2.05, 4.69) is 194 Å². The van der Waals surface area contributed by atoms with E-state index in [0.717, 1.165) is 152 Å². The fourth-order valence-electron chi connectivity index (χ4n) is 20.4. The molecule has 0 aliphatic heterocycles. The van der Waals surface area contributed by atoms with Gasteiger partial charge < -0.3 is 45.2 Å². The Hall–Kier alpha value is -6.51. The quantitative estimate of drug-likeness (QED) is 0.0358. The molecule has 0 unspecified atom stereocenters. The molecule has 0 aromatic heterocycles. The molecule has 614 valence electrons. The molecule has 0 amide bonds. The lowest BCUT2D eigenvalue weighted by Crippen LogP contribution is -2.32. The Labute approximate surface area is 676 Å². The van der Waals surface area contributed by atoms with Crippen molar-refractivity contribution in [2.75, 3.05) is 7.11 Å². The molecule has 2 aromatic rings. The van der Waals surface area contributed by atoms with Gasteiger partial charge in [0, 0.05) is 35.5 Å². The van der Waals surface area contributed by atoms with E-state index in [1.807, 2.05) is 60.7 Å². The van der Waals surface area contributed by atoms with Gasteiger partial charge in [-0.15, -0.1) is 0 Å². The third kappa shape index (κ3) is 23.0. The van der Waals surface area contributed by atoms with E-state index in [1.165, 1.54) is 61.7 Å². The number of benzene rings is 2. The summed E-state index contributed by atoms with van der Waals surface area (Å²) in [5, 5.41) is 74.5. The number of nitrogens with zero attached hydrogens (tertiary/aromatic N) is 3. The van der Waals surface area contributed by atoms with E-state index < -0.39 is 36.6 Å². The van der Waals surface area contributed by atoms with Gasteiger partial charge in [-0.25, -0.2) is 0 Å². The van der Waals surface area contributed by atoms with Crippen LogP contribution in [-0.4, -0.2) is 91.5 Å². The lowest BCUT2D eigenvalue weighted by Gasteiger charge is -2.42. The Morgan fingerprint density at radius 2 is 0.714 bits per heavy atom. The van der Waals surface area contributed by atoms with E-state index in [4.69, 9.17) is 14.5 Å². The van der Waals surface area contributed by atoms with E-state index in [-0.39, 0.29) is 32.5 Å². The Bertz CT molecular complexity index is 3760. The smallest absolute Gasteiger partial charge is 0.157 e. The first-order valence-corrected chi connectivity index (χ1v) is 43.1. The van der Waals surface area contributed by atoms with Gasteiger partial charge in [-0.2, -0.15) is 0 Å². The topological polar surface area (TPSA) is 186 Å². The summed E-state index contributed by atoms with van der Waals surface area (Å²) in [6.07, 6.45) is 44.1. The second kappa shape index (κ2) is 39.4. The predicted octanol–water partition coefficient (Wildman–Crippen LogP) is 23.6. The molecular formula is C100H145N3O9. The number of para-hydroxylation sites is 2. The molecule has 0 saturated heterocycles. The number of rotatable bonds is 23. The van der Waals surface area contributed by atoms with Crippen LogP contribution in [0.5, 0.6) is 11.5 Å². The van der Waals surface area contributed by atoms with Crippen molar-refractivity contribution in [1.29, 1.82) is 0 Å². The maximum absolute atomic E-state index is 10.2. The van der Waals surface area contributed by atoms with Gasteiger partial charge in [0.25, 0.3) is 0 Å². The Kier molecular flexibility index (Phi) is 31.5. The van der Waals surface area contributed by atoms with Crippen molar-refractivity contribution in [1.82, 2.24) is 0 Å². The zero-order chi connectivity index (χ0) is 81.5. The fraction of sp³-hybridized carbons (Fsp3) is 0.610. The highest BCUT2D eigenvalue weighted by Gasteiger charge is 2.49. The second-order valence-corrected chi connectivity index (χ2v) is 38.6. The summed E-state index contributed by atoms with van der Waals surface area (Å²) in [7, 11) is 1.64. The number of aliphatic hydroxyl groups is 6. The van der Waals surface area contributed by atoms with Crippen LogP contribution in [0.1, 0.15) is 277 Å². The summed E-state index contributed by atoms with van der Waals surface area (Å²) < 4.78 is 0. The highest BCUT2D eigenvalue weighted by molar-refractivity contribution is 5.90. The van der Waals surface area contributed by atoms with Gasteiger partial charge in [0.1, 0.15) is 7.11 Å². The minimum Gasteiger partial charge on any atom is -0.399 e. The predicted molar refractivity (Wildman–Crippen MR) is 465 cm³/mol. The van der Waals surface area contributed by atoms with Gasteiger partial charge in [-0.3, -0.25) is 0 Å². The van der Waals surface area contributed by atoms with Crippen molar-refractivity contribution >= 4 is 17.1 Å². The van der Waals surface area contributed by atoms with E-state index in [0.29, 0.717) is 74.0 Å². The molecular weight excluding hydrogens is 1390 g/mol. The van der Waals surface area contributed by atoms with Crippen LogP contribution in [-0.2, 0) is 4.84 Å². The van der Waals surface area contributed by atoms with Crippen LogP contribution < -0.4 is 9.68 Å². The molecule has 112 heavy (non-hydrogen) atoms. The molecule has 12 nitrogen and oxygen atoms in total. The van der Waals surface area contributed by atoms with Crippen LogP contribution in [0, 0.1) is 68.0 Å². The van der Waals surface area contributed by atoms with Crippen LogP contribution in [0.15, 0.2) is 217 Å². The van der Waals surface area contributed by atoms with Crippen LogP contribution >= 0.6 is 0 Å². The molecule has 6 saturated carbocycles. The molecule has 15 atom stereocenters. The summed E-state index contributed by atoms with van der Waals surface area (Å²) in [5.41, 5.74) is 18.7. The number of fused-ring (bicyclic) bond motifs is 3. The number of allylic oxidation sites excluding steroid dienone is 15. The number of hydrogen-bond acceptors (Lipinski definition) is 12. The van der Waals surface area contributed by atoms with Crippen molar-refractivity contribution in [3.63, 3.8) is 0 Å². The molecule has 12 heteroatoms. The van der Waals surface area contributed by atoms with E-state index >= 15 is 0 Å². The molecule has 2 aromatic carbocycles. The molecule has 0 heterocycles. The largest absolute Gasteiger partial charge is 0.399 e. The highest BCUT2D eigenvalue weighted by Crippen LogP contribution is 2.60. The lowest BCUT2D eigenvalue weighted by molar-refractivity contribution is 0.0856. The summed E-state index contributed by atoms with van der Waals surface area (Å²) in [6, 6.07) is 19.6. The second-order valence-electron chi connectivity index (χ2n) is 38.6. The third-order valence-electron chi connectivity index (χ3n) is 27.2. The molecule has 6 fully saturated rings. The average molecular weight is 1530 g/mol. The minimum absolute atomic E-state index is 0.0327. The van der Waals surface area contributed by atoms with E-state index in [9.17, 15) is 30.6 Å². The highest BCUT2D eigenvalue weighted by atomic mass is 16.6. The Balaban J connectivity index is 0.000000193. The van der Waals surface area contributed by atoms with E-state index in [1.54, 1.807) is 23.8 Å². The van der Waals surface area contributed by atoms with Gasteiger partial charge in [-0.05, 0) is 264 Å². The van der Waals surface area contributed by atoms with Gasteiger partial charge in [0.15, 0.2) is 11.5 Å². The van der Waals surface area contributed by atoms with Crippen LogP contribution in [0.2, 0.25) is 0 Å². The van der Waals surface area contributed by atoms with Crippen molar-refractivity contribution in [3.8, 4) is 11.5 Å². The summed E-state index contributed by atoms with van der Waals surface area (Å²) in [4.78, 5) is 16.6. The zero-order valence-corrected chi connectivity index (χ0v) is 71.9. The van der Waals surface area contributed by atoms with Crippen LogP contribution in [0.25, 0.3) is 0 Å². The summed E-state index contributed by atoms with van der Waals surface area (Å²) >= 11 is 0. The first kappa shape index (κ1) is 89.4. The van der Waals surface area contributed by atoms with Crippen LogP contribution in [0.3, 0.4) is 0 Å². The van der Waals surface area contributed by atoms with Gasteiger partial charge in [0.2, 0.25) is 0 Å². The zero-order valence-electron chi connectivity index (χ0n) is 71.9. The SMILES string of the molecule is C=C1/C(=C\C=C2/CCC[C@]3(C)C([C@H](C)CCC/C(=N\OC)C(C)(C)C)=CC[C@@H]23)C[C@@H](O)C[C@@H]1O.C=C1/C(=C\C=C2/CCC[C@]3(C)C([C@H](C)CCC/C(=N\Oc4ccccc4)C(C)(C)C)=CC[C@@H]23)C[C@@H](O)C[C@@H]1O.C=C1/C(=C\C=C2/CCC[C@]3(C)C([C@H](C)CCC/C(=N\Oc4ccccc4)C(C)(C)C)=CC[C@@H]23)C[C@H](O)C[C@H]1O. The lowest BCUT2D eigenvalue weighted by atomic mass is 9.62. The molecule has 0 spiro atoms. The molecule has 0 radical (unpaired) electrons. The van der Waals surface area contributed by atoms with Crippen molar-refractivity contribution in [2.45, 2.75) is 314 Å². The monoisotopic (exact) mass is 1530 g/mol. The average Bonchev–Trinajstić information content (AvgIpc) is 1.61. The molecule has 11 rings (SSSR count). The summed E-state index contributed by atoms with van der Waals surface area (Å²) in [5.74, 6) is 4.84. The van der Waals surface area contributed by atoms with Gasteiger partial charge in [0.05, 0.1) is 53.8 Å². The standard InChI is InChI=1S/2C35H49NO3.C30H47NO3/c2*1-24(12-10-16-33(34(3,4)5)36-39-29-14-8-7-9-15-29)30-19-20-31-26(13-11-21-35(30,31)6)17-18-27-22-28(37)23-32(38)25(27)2;1-20(10-8-12-28(31-34-7)29(3,4)5)25-15-16-26-22(11-9-17-30(25,26)6)13-14-23-18-24(32)19-27(33)21(23)2/h2*7-9,14-15,17-19,24,28,31-32,37-38H,2,10-13,16,20-23H2,1,3-6H3;13-15,20,24,26-27,32-33H,2,8-12,16-19H2,1,3-7H3/b2*26-17+,27-18-,36-33+;22-13+,23-14-,31-28+/t24-,28+,31+,32-,35-;24-,28-,31+,32+,35-;20-,24-,26+,27+,30-/m111/s1. The number of aliphatic hydroxyl groups excluding tert-OH is 6. The Morgan fingerprint density at radius 1 is 0.438 bits per heavy atom. The molecule has 9 aliphatic carbocycles. The van der Waals surface area contributed by atoms with Gasteiger partial charge >= 0.3 is 0 Å². The molecule has 9 aliphatic rings. The first-order chi connectivity index (χ1) is 52.9. The maximum Gasteiger partial charge on any atom is 0.157 e. The molecule has 6 N–H and O–H groups in total. The number of hydrogen-bond donors (Lipinski definition) is 6. The van der Waals surface area contributed by atoms with Crippen molar-refractivity contribution in [3.05, 3.63) is 202 Å². The van der Waals surface area contributed by atoms with Crippen molar-refractivity contribution in [2.24, 2.45) is 83.5 Å². The third-order valence-corrected chi connectivity index (χ3v) is 27.2. The number of oxime groups is 3. The van der Waals surface area contributed by atoms with Crippen LogP contribution in [0.4, 0.5) is 0 Å². The maximum atomic E-state index is 10.2. The van der Waals surface area contributed by atoms with Gasteiger partial charge in [-0.1, -0.05) is 264 Å². The minimum atomic E-state index is -0.635. The summed E-state index contributed by atoms with van der Waals surface area (Å²) in [6.45, 7) is 46.8. The van der Waals surface area contributed by atoms with Crippen molar-refractivity contribution < 1.29 is 45.2 Å². The first-order valence-electron chi connectivity index (χ1n) is 43.1. The Morgan fingerprint density at radius 3 is 0.982 bits per heavy atom. The molecule has 0 bridgehead atoms.